The van der Waals surface area contributed by atoms with Crippen molar-refractivity contribution in [3.8, 4) is 16.9 Å². The molecule has 3 aromatic rings. The summed E-state index contributed by atoms with van der Waals surface area (Å²) >= 11 is 0. The average Bonchev–Trinajstić information content (AvgIpc) is 2.66. The van der Waals surface area contributed by atoms with Gasteiger partial charge in [0.05, 0.1) is 7.11 Å². The van der Waals surface area contributed by atoms with Crippen LogP contribution in [0.25, 0.3) is 16.7 Å². The van der Waals surface area contributed by atoms with E-state index in [1.54, 1.807) is 7.11 Å². The average molecular weight is 328 g/mol. The third-order valence-electron chi connectivity index (χ3n) is 4.56. The van der Waals surface area contributed by atoms with Gasteiger partial charge >= 0.3 is 0 Å². The molecular weight excluding hydrogens is 304 g/mol. The van der Waals surface area contributed by atoms with Crippen LogP contribution in [0.1, 0.15) is 23.1 Å². The maximum atomic E-state index is 5.32. The maximum Gasteiger partial charge on any atom is 0.119 e. The van der Waals surface area contributed by atoms with Gasteiger partial charge in [-0.05, 0) is 65.3 Å². The van der Waals surface area contributed by atoms with E-state index >= 15 is 0 Å². The first-order valence-electron chi connectivity index (χ1n) is 8.65. The van der Waals surface area contributed by atoms with Crippen molar-refractivity contribution in [2.75, 3.05) is 7.11 Å². The van der Waals surface area contributed by atoms with Crippen molar-refractivity contribution in [1.82, 2.24) is 0 Å². The summed E-state index contributed by atoms with van der Waals surface area (Å²) < 4.78 is 5.32. The Hall–Kier alpha value is -2.80. The molecule has 126 valence electrons. The van der Waals surface area contributed by atoms with E-state index in [0.29, 0.717) is 0 Å². The van der Waals surface area contributed by atoms with Crippen LogP contribution >= 0.6 is 0 Å². The predicted molar refractivity (Wildman–Crippen MR) is 107 cm³/mol. The van der Waals surface area contributed by atoms with Crippen molar-refractivity contribution >= 4 is 5.57 Å². The Morgan fingerprint density at radius 1 is 0.920 bits per heavy atom. The summed E-state index contributed by atoms with van der Waals surface area (Å²) in [4.78, 5) is 0. The highest BCUT2D eigenvalue weighted by molar-refractivity contribution is 5.82. The van der Waals surface area contributed by atoms with Crippen molar-refractivity contribution in [2.45, 2.75) is 19.8 Å². The third kappa shape index (κ3) is 4.00. The van der Waals surface area contributed by atoms with Gasteiger partial charge in [-0.1, -0.05) is 67.2 Å². The summed E-state index contributed by atoms with van der Waals surface area (Å²) in [6.07, 6.45) is 1.89. The molecule has 25 heavy (non-hydrogen) atoms. The lowest BCUT2D eigenvalue weighted by Gasteiger charge is -2.16. The molecule has 0 saturated carbocycles. The Bertz CT molecular complexity index is 862. The quantitative estimate of drug-likeness (QED) is 0.514. The lowest BCUT2D eigenvalue weighted by atomic mass is 9.89. The van der Waals surface area contributed by atoms with Crippen LogP contribution in [0.4, 0.5) is 0 Å². The maximum absolute atomic E-state index is 5.32. The molecule has 0 aliphatic heterocycles. The molecule has 0 atom stereocenters. The third-order valence-corrected chi connectivity index (χ3v) is 4.56. The Labute approximate surface area is 150 Å². The van der Waals surface area contributed by atoms with Crippen LogP contribution < -0.4 is 4.74 Å². The molecule has 0 aromatic heterocycles. The van der Waals surface area contributed by atoms with Crippen molar-refractivity contribution in [3.63, 3.8) is 0 Å². The number of hydrogen-bond acceptors (Lipinski definition) is 1. The van der Waals surface area contributed by atoms with E-state index in [4.69, 9.17) is 4.74 Å². The fourth-order valence-electron chi connectivity index (χ4n) is 3.24. The first-order valence-corrected chi connectivity index (χ1v) is 8.65. The van der Waals surface area contributed by atoms with E-state index in [-0.39, 0.29) is 0 Å². The monoisotopic (exact) mass is 328 g/mol. The molecule has 3 aromatic carbocycles. The van der Waals surface area contributed by atoms with Crippen LogP contribution in [-0.4, -0.2) is 7.11 Å². The van der Waals surface area contributed by atoms with Gasteiger partial charge < -0.3 is 4.74 Å². The summed E-state index contributed by atoms with van der Waals surface area (Å²) in [5.41, 5.74) is 7.50. The van der Waals surface area contributed by atoms with Gasteiger partial charge in [0.1, 0.15) is 5.75 Å². The molecule has 0 spiro atoms. The number of benzene rings is 3. The van der Waals surface area contributed by atoms with E-state index in [9.17, 15) is 0 Å². The summed E-state index contributed by atoms with van der Waals surface area (Å²) in [6.45, 7) is 6.56. The molecule has 0 aliphatic rings. The van der Waals surface area contributed by atoms with E-state index in [2.05, 4.69) is 74.2 Å². The van der Waals surface area contributed by atoms with Crippen molar-refractivity contribution in [2.24, 2.45) is 0 Å². The lowest BCUT2D eigenvalue weighted by Crippen LogP contribution is -1.95. The van der Waals surface area contributed by atoms with Gasteiger partial charge in [-0.15, -0.1) is 0 Å². The minimum atomic E-state index is 0.906. The Morgan fingerprint density at radius 2 is 1.68 bits per heavy atom. The van der Waals surface area contributed by atoms with Crippen LogP contribution in [0.3, 0.4) is 0 Å². The fraction of sp³-hybridized carbons (Fsp3) is 0.167. The largest absolute Gasteiger partial charge is 0.497 e. The minimum Gasteiger partial charge on any atom is -0.497 e. The van der Waals surface area contributed by atoms with Gasteiger partial charge in [-0.25, -0.2) is 0 Å². The highest BCUT2D eigenvalue weighted by atomic mass is 16.5. The van der Waals surface area contributed by atoms with Crippen LogP contribution in [0, 0.1) is 6.92 Å². The van der Waals surface area contributed by atoms with Crippen molar-refractivity contribution < 1.29 is 4.74 Å². The second-order valence-corrected chi connectivity index (χ2v) is 6.32. The van der Waals surface area contributed by atoms with Gasteiger partial charge in [0.2, 0.25) is 0 Å². The minimum absolute atomic E-state index is 0.906. The smallest absolute Gasteiger partial charge is 0.119 e. The topological polar surface area (TPSA) is 9.23 Å². The van der Waals surface area contributed by atoms with Crippen LogP contribution in [0.2, 0.25) is 0 Å². The SMILES string of the molecule is C=C(CCc1cccc(OC)c1)c1c(C)cccc1-c1ccccc1. The summed E-state index contributed by atoms with van der Waals surface area (Å²) in [5.74, 6) is 0.906. The zero-order valence-corrected chi connectivity index (χ0v) is 15.0. The zero-order chi connectivity index (χ0) is 17.6. The van der Waals surface area contributed by atoms with Gasteiger partial charge in [0, 0.05) is 0 Å². The van der Waals surface area contributed by atoms with Crippen LogP contribution in [0.15, 0.2) is 79.4 Å². The lowest BCUT2D eigenvalue weighted by molar-refractivity contribution is 0.414. The molecule has 0 amide bonds. The van der Waals surface area contributed by atoms with Gasteiger partial charge in [-0.2, -0.15) is 0 Å². The highest BCUT2D eigenvalue weighted by Gasteiger charge is 2.11. The standard InChI is InChI=1S/C24H24O/c1-18-9-7-14-23(21-11-5-4-6-12-21)24(18)19(2)15-16-20-10-8-13-22(17-20)25-3/h4-14,17H,2,15-16H2,1,3H3. The molecule has 0 bridgehead atoms. The molecule has 0 N–H and O–H groups in total. The van der Waals surface area contributed by atoms with Crippen LogP contribution in [-0.2, 0) is 6.42 Å². The van der Waals surface area contributed by atoms with E-state index in [1.807, 2.05) is 12.1 Å². The molecule has 3 rings (SSSR count). The Balaban J connectivity index is 1.85. The van der Waals surface area contributed by atoms with Gasteiger partial charge in [-0.3, -0.25) is 0 Å². The van der Waals surface area contributed by atoms with E-state index in [1.165, 1.54) is 33.4 Å². The first kappa shape index (κ1) is 17.0. The molecule has 1 heteroatoms. The van der Waals surface area contributed by atoms with Gasteiger partial charge in [0.15, 0.2) is 0 Å². The normalized spacial score (nSPS) is 10.5. The Kier molecular flexibility index (Phi) is 5.35. The molecular formula is C24H24O. The Morgan fingerprint density at radius 3 is 2.44 bits per heavy atom. The van der Waals surface area contributed by atoms with E-state index in [0.717, 1.165) is 18.6 Å². The summed E-state index contributed by atoms with van der Waals surface area (Å²) in [6, 6.07) is 25.3. The fourth-order valence-corrected chi connectivity index (χ4v) is 3.24. The predicted octanol–water partition coefficient (Wildman–Crippen LogP) is 6.32. The first-order chi connectivity index (χ1) is 12.2. The number of methoxy groups -OCH3 is 1. The molecule has 0 aliphatic carbocycles. The molecule has 0 fully saturated rings. The highest BCUT2D eigenvalue weighted by Crippen LogP contribution is 2.33. The summed E-state index contributed by atoms with van der Waals surface area (Å²) in [5, 5.41) is 0. The number of rotatable bonds is 6. The number of aryl methyl sites for hydroxylation is 2. The van der Waals surface area contributed by atoms with E-state index < -0.39 is 0 Å². The second kappa shape index (κ2) is 7.85. The second-order valence-electron chi connectivity index (χ2n) is 6.32. The molecule has 0 radical (unpaired) electrons. The number of hydrogen-bond donors (Lipinski definition) is 0. The molecule has 0 saturated heterocycles. The molecule has 1 nitrogen and oxygen atoms in total. The number of allylic oxidation sites excluding steroid dienone is 1. The molecule has 0 unspecified atom stereocenters. The zero-order valence-electron chi connectivity index (χ0n) is 15.0. The van der Waals surface area contributed by atoms with Crippen molar-refractivity contribution in [3.05, 3.63) is 96.1 Å². The summed E-state index contributed by atoms with van der Waals surface area (Å²) in [7, 11) is 1.71. The van der Waals surface area contributed by atoms with Gasteiger partial charge in [0.25, 0.3) is 0 Å². The van der Waals surface area contributed by atoms with Crippen LogP contribution in [0.5, 0.6) is 5.75 Å². The van der Waals surface area contributed by atoms with Crippen molar-refractivity contribution in [1.29, 1.82) is 0 Å². The number of ether oxygens (including phenoxy) is 1. The molecule has 0 heterocycles.